The fourth-order valence-corrected chi connectivity index (χ4v) is 2.94. The van der Waals surface area contributed by atoms with Gasteiger partial charge in [-0.3, -0.25) is 9.59 Å². The van der Waals surface area contributed by atoms with Crippen LogP contribution >= 0.6 is 0 Å². The Morgan fingerprint density at radius 1 is 0.900 bits per heavy atom. The maximum Gasteiger partial charge on any atom is 0.328 e. The van der Waals surface area contributed by atoms with E-state index in [1.165, 1.54) is 0 Å². The number of esters is 1. The zero-order chi connectivity index (χ0) is 23.6. The molecule has 30 heavy (non-hydrogen) atoms. The second-order valence-corrected chi connectivity index (χ2v) is 9.16. The van der Waals surface area contributed by atoms with Gasteiger partial charge in [-0.05, 0) is 23.7 Å². The predicted octanol–water partition coefficient (Wildman–Crippen LogP) is 1.97. The molecule has 180 valence electrons. The number of carbonyl (C=O) groups excluding carboxylic acids is 3. The van der Waals surface area contributed by atoms with Crippen molar-refractivity contribution in [2.24, 2.45) is 29.6 Å². The molecule has 0 aromatic heterocycles. The Hall–Kier alpha value is -1.67. The average Bonchev–Trinajstić information content (AvgIpc) is 2.67. The predicted molar refractivity (Wildman–Crippen MR) is 120 cm³/mol. The van der Waals surface area contributed by atoms with E-state index in [-0.39, 0.29) is 39.7 Å². The molecule has 4 N–H and O–H groups in total. The van der Waals surface area contributed by atoms with Crippen molar-refractivity contribution >= 4 is 17.8 Å². The molecule has 0 heterocycles. The molecule has 0 spiro atoms. The zero-order valence-corrected chi connectivity index (χ0v) is 19.8. The second kappa shape index (κ2) is 13.6. The van der Waals surface area contributed by atoms with Crippen LogP contribution in [-0.2, 0) is 19.1 Å². The van der Waals surface area contributed by atoms with Gasteiger partial charge in [0.05, 0.1) is 6.61 Å². The molecule has 0 unspecified atom stereocenters. The van der Waals surface area contributed by atoms with Gasteiger partial charge in [0.15, 0.2) is 0 Å². The van der Waals surface area contributed by atoms with Crippen LogP contribution in [0.1, 0.15) is 64.7 Å². The van der Waals surface area contributed by atoms with Crippen molar-refractivity contribution in [3.63, 3.8) is 0 Å². The third-order valence-corrected chi connectivity index (χ3v) is 5.28. The van der Waals surface area contributed by atoms with Gasteiger partial charge < -0.3 is 25.6 Å². The Kier molecular flexibility index (Phi) is 12.8. The van der Waals surface area contributed by atoms with E-state index in [0.29, 0.717) is 6.42 Å². The largest absolute Gasteiger partial charge is 0.464 e. The van der Waals surface area contributed by atoms with Crippen LogP contribution in [0.2, 0.25) is 0 Å². The van der Waals surface area contributed by atoms with Crippen LogP contribution in [0.3, 0.4) is 0 Å². The highest BCUT2D eigenvalue weighted by Crippen LogP contribution is 2.19. The Labute approximate surface area is 184 Å². The molecule has 2 amide bonds. The number of hydrogen-bond donors (Lipinski definition) is 4. The van der Waals surface area contributed by atoms with Gasteiger partial charge in [-0.15, -0.1) is 0 Å². The van der Waals surface area contributed by atoms with Gasteiger partial charge in [-0.25, -0.2) is 4.79 Å². The number of aliphatic hydroxyl groups is 2. The van der Waals surface area contributed by atoms with E-state index in [9.17, 15) is 24.6 Å². The molecule has 0 saturated heterocycles. The van der Waals surface area contributed by atoms with Crippen molar-refractivity contribution in [1.82, 2.24) is 10.6 Å². The Morgan fingerprint density at radius 3 is 1.80 bits per heavy atom. The lowest BCUT2D eigenvalue weighted by atomic mass is 9.87. The van der Waals surface area contributed by atoms with Gasteiger partial charge in [0, 0.05) is 15.4 Å². The van der Waals surface area contributed by atoms with Crippen molar-refractivity contribution < 1.29 is 32.2 Å². The van der Waals surface area contributed by atoms with Crippen LogP contribution in [0.5, 0.6) is 0 Å². The summed E-state index contributed by atoms with van der Waals surface area (Å²) in [7, 11) is 0. The average molecular weight is 435 g/mol. The summed E-state index contributed by atoms with van der Waals surface area (Å²) in [6.45, 7) is 14.6. The molecule has 0 saturated carbocycles. The van der Waals surface area contributed by atoms with Crippen LogP contribution in [0.25, 0.3) is 0 Å². The van der Waals surface area contributed by atoms with Crippen molar-refractivity contribution in [3.05, 3.63) is 0 Å². The molecule has 0 bridgehead atoms. The van der Waals surface area contributed by atoms with E-state index in [1.54, 1.807) is 27.7 Å². The standard InChI is InChI=1S/C22H42N2O6.2H2/c1-9-15(8)16(10-25)19(26)21(28)23-17(13(4)5)20(27)24-18(14(6)7)22(29)30-11-12(2)3;;/h12-19,25-26H,9-11H2,1-8H3,(H,23,28)(H,24,27);2*1H/t15-,16-,17-,18-,19+;;/m0../s1. The van der Waals surface area contributed by atoms with Crippen molar-refractivity contribution in [1.29, 1.82) is 0 Å². The van der Waals surface area contributed by atoms with Gasteiger partial charge in [0.25, 0.3) is 0 Å². The minimum absolute atomic E-state index is 0. The zero-order valence-electron chi connectivity index (χ0n) is 19.8. The van der Waals surface area contributed by atoms with Gasteiger partial charge in [0.2, 0.25) is 11.8 Å². The summed E-state index contributed by atoms with van der Waals surface area (Å²) in [4.78, 5) is 37.8. The molecular formula is C22H46N2O6. The van der Waals surface area contributed by atoms with Gasteiger partial charge in [0.1, 0.15) is 18.2 Å². The number of aliphatic hydroxyl groups excluding tert-OH is 2. The van der Waals surface area contributed by atoms with E-state index < -0.39 is 41.9 Å². The highest BCUT2D eigenvalue weighted by molar-refractivity contribution is 5.92. The van der Waals surface area contributed by atoms with E-state index in [4.69, 9.17) is 4.74 Å². The first-order valence-corrected chi connectivity index (χ1v) is 10.9. The summed E-state index contributed by atoms with van der Waals surface area (Å²) in [6.07, 6.45) is -0.742. The van der Waals surface area contributed by atoms with Crippen LogP contribution < -0.4 is 10.6 Å². The fourth-order valence-electron chi connectivity index (χ4n) is 2.94. The summed E-state index contributed by atoms with van der Waals surface area (Å²) < 4.78 is 5.26. The molecule has 0 aliphatic heterocycles. The molecule has 0 rings (SSSR count). The minimum atomic E-state index is -1.43. The number of rotatable bonds is 13. The summed E-state index contributed by atoms with van der Waals surface area (Å²) in [5, 5.41) is 25.2. The van der Waals surface area contributed by atoms with E-state index in [1.807, 2.05) is 27.7 Å². The molecule has 8 nitrogen and oxygen atoms in total. The van der Waals surface area contributed by atoms with E-state index in [2.05, 4.69) is 10.6 Å². The maximum atomic E-state index is 12.9. The first-order valence-electron chi connectivity index (χ1n) is 10.9. The van der Waals surface area contributed by atoms with Gasteiger partial charge in [-0.2, -0.15) is 0 Å². The normalized spacial score (nSPS) is 16.7. The summed E-state index contributed by atoms with van der Waals surface area (Å²) in [5.41, 5.74) is 0. The van der Waals surface area contributed by atoms with Gasteiger partial charge >= 0.3 is 5.97 Å². The summed E-state index contributed by atoms with van der Waals surface area (Å²) in [6, 6.07) is -1.78. The lowest BCUT2D eigenvalue weighted by molar-refractivity contribution is -0.150. The molecule has 0 fully saturated rings. The number of ether oxygens (including phenoxy) is 1. The van der Waals surface area contributed by atoms with Gasteiger partial charge in [-0.1, -0.05) is 61.8 Å². The second-order valence-electron chi connectivity index (χ2n) is 9.16. The van der Waals surface area contributed by atoms with Crippen molar-refractivity contribution in [3.8, 4) is 0 Å². The summed E-state index contributed by atoms with van der Waals surface area (Å²) >= 11 is 0. The van der Waals surface area contributed by atoms with E-state index in [0.717, 1.165) is 0 Å². The molecule has 0 aliphatic rings. The quantitative estimate of drug-likeness (QED) is 0.329. The topological polar surface area (TPSA) is 125 Å². The molecule has 8 heteroatoms. The molecule has 0 radical (unpaired) electrons. The highest BCUT2D eigenvalue weighted by Gasteiger charge is 2.35. The SMILES string of the molecule is CC[C@H](C)[C@H](CO)[C@@H](O)C(=O)N[C@H](C(=O)N[C@H](C(=O)OCC(C)C)C(C)C)C(C)C.[HH].[HH]. The summed E-state index contributed by atoms with van der Waals surface area (Å²) in [5.74, 6) is -2.75. The number of carbonyl (C=O) groups is 3. The van der Waals surface area contributed by atoms with Crippen molar-refractivity contribution in [2.45, 2.75) is 80.0 Å². The molecule has 0 aromatic rings. The molecule has 5 atom stereocenters. The Bertz CT molecular complexity index is 561. The van der Waals surface area contributed by atoms with Crippen LogP contribution in [0, 0.1) is 29.6 Å². The van der Waals surface area contributed by atoms with Crippen LogP contribution in [-0.4, -0.2) is 59.4 Å². The third-order valence-electron chi connectivity index (χ3n) is 5.28. The smallest absolute Gasteiger partial charge is 0.328 e. The van der Waals surface area contributed by atoms with E-state index >= 15 is 0 Å². The first kappa shape index (κ1) is 28.3. The fraction of sp³-hybridized carbons (Fsp3) is 0.864. The molecule has 0 aliphatic carbocycles. The number of amides is 2. The Balaban J connectivity index is -0.00000420. The number of nitrogens with one attached hydrogen (secondary N) is 2. The lowest BCUT2D eigenvalue weighted by Gasteiger charge is -2.29. The minimum Gasteiger partial charge on any atom is -0.464 e. The number of hydrogen-bond acceptors (Lipinski definition) is 6. The van der Waals surface area contributed by atoms with Crippen molar-refractivity contribution in [2.75, 3.05) is 13.2 Å². The maximum absolute atomic E-state index is 12.9. The van der Waals surface area contributed by atoms with Crippen LogP contribution in [0.4, 0.5) is 0 Å². The van der Waals surface area contributed by atoms with Crippen LogP contribution in [0.15, 0.2) is 0 Å². The highest BCUT2D eigenvalue weighted by atomic mass is 16.5. The molecular weight excluding hydrogens is 388 g/mol. The monoisotopic (exact) mass is 434 g/mol. The first-order chi connectivity index (χ1) is 13.9. The molecule has 0 aromatic carbocycles. The lowest BCUT2D eigenvalue weighted by Crippen LogP contribution is -2.57. The Morgan fingerprint density at radius 2 is 1.40 bits per heavy atom. The third kappa shape index (κ3) is 9.00.